The average molecular weight is 437 g/mol. The van der Waals surface area contributed by atoms with Gasteiger partial charge in [0, 0.05) is 17.4 Å². The van der Waals surface area contributed by atoms with Crippen LogP contribution in [0.2, 0.25) is 0 Å². The highest BCUT2D eigenvalue weighted by molar-refractivity contribution is 6.00. The van der Waals surface area contributed by atoms with Gasteiger partial charge in [0.1, 0.15) is 0 Å². The van der Waals surface area contributed by atoms with Crippen LogP contribution in [0.3, 0.4) is 0 Å². The van der Waals surface area contributed by atoms with Gasteiger partial charge in [0.05, 0.1) is 6.10 Å². The number of hydrogen-bond acceptors (Lipinski definition) is 2. The summed E-state index contributed by atoms with van der Waals surface area (Å²) in [6.07, 6.45) is 17.1. The van der Waals surface area contributed by atoms with E-state index in [1.54, 1.807) is 0 Å². The van der Waals surface area contributed by atoms with Crippen LogP contribution in [-0.4, -0.2) is 17.0 Å². The number of ketones is 1. The molecular weight excluding hydrogens is 392 g/mol. The number of fused-ring (bicyclic) bond motifs is 3. The first-order valence-electron chi connectivity index (χ1n) is 12.4. The molecule has 5 unspecified atom stereocenters. The van der Waals surface area contributed by atoms with Crippen molar-refractivity contribution in [1.82, 2.24) is 0 Å². The maximum atomic E-state index is 13.4. The second-order valence-electron chi connectivity index (χ2n) is 12.0. The number of carbonyl (C=O) groups is 1. The number of hydrogen-bond donors (Lipinski definition) is 1. The highest BCUT2D eigenvalue weighted by atomic mass is 16.3. The molecule has 1 N–H and O–H groups in total. The van der Waals surface area contributed by atoms with Gasteiger partial charge in [0.15, 0.2) is 5.78 Å². The Morgan fingerprint density at radius 1 is 0.906 bits per heavy atom. The number of carbonyl (C=O) groups excluding carboxylic acids is 1. The van der Waals surface area contributed by atoms with E-state index in [9.17, 15) is 9.90 Å². The second-order valence-corrected chi connectivity index (χ2v) is 12.0. The van der Waals surface area contributed by atoms with Crippen LogP contribution in [0.25, 0.3) is 0 Å². The van der Waals surface area contributed by atoms with Gasteiger partial charge < -0.3 is 5.11 Å². The van der Waals surface area contributed by atoms with E-state index in [1.165, 1.54) is 11.1 Å². The molecule has 0 amide bonds. The Morgan fingerprint density at radius 3 is 2.22 bits per heavy atom. The van der Waals surface area contributed by atoms with E-state index >= 15 is 0 Å². The predicted octanol–water partition coefficient (Wildman–Crippen LogP) is 7.52. The minimum atomic E-state index is -0.234. The maximum absolute atomic E-state index is 13.4. The summed E-state index contributed by atoms with van der Waals surface area (Å²) in [6.45, 7) is 17.6. The molecule has 3 fully saturated rings. The summed E-state index contributed by atoms with van der Waals surface area (Å²) < 4.78 is 0. The van der Waals surface area contributed by atoms with Crippen molar-refractivity contribution in [2.45, 2.75) is 93.6 Å². The van der Waals surface area contributed by atoms with Crippen molar-refractivity contribution in [1.29, 1.82) is 0 Å². The predicted molar refractivity (Wildman–Crippen MR) is 135 cm³/mol. The first kappa shape index (κ1) is 25.0. The largest absolute Gasteiger partial charge is 0.393 e. The maximum Gasteiger partial charge on any atom is 0.160 e. The van der Waals surface area contributed by atoms with Gasteiger partial charge in [-0.15, -0.1) is 0 Å². The first-order valence-corrected chi connectivity index (χ1v) is 12.4. The molecule has 5 atom stereocenters. The number of allylic oxidation sites excluding steroid dienone is 10. The van der Waals surface area contributed by atoms with Crippen molar-refractivity contribution in [2.24, 2.45) is 28.1 Å². The lowest BCUT2D eigenvalue weighted by molar-refractivity contribution is -0.157. The van der Waals surface area contributed by atoms with Gasteiger partial charge in [-0.2, -0.15) is 0 Å². The standard InChI is InChI=1S/C30H44O2/c1-20(2)11-9-12-21(3)13-10-14-22(4)27-23(31)19-25-29(7)18-16-26(32)28(5,6)24(29)15-17-30(25,27)8/h9-14,24-26,32H,15-19H2,1-8H3/b12-9+,14-10+,21-13+,27-22+. The van der Waals surface area contributed by atoms with Gasteiger partial charge in [0.25, 0.3) is 0 Å². The number of aliphatic hydroxyl groups is 1. The summed E-state index contributed by atoms with van der Waals surface area (Å²) in [5, 5.41) is 10.7. The summed E-state index contributed by atoms with van der Waals surface area (Å²) in [6, 6.07) is 0. The Hall–Kier alpha value is -1.67. The Labute approximate surface area is 196 Å². The molecule has 3 rings (SSSR count). The zero-order valence-electron chi connectivity index (χ0n) is 21.6. The molecule has 3 aliphatic rings. The minimum Gasteiger partial charge on any atom is -0.393 e. The van der Waals surface area contributed by atoms with Crippen molar-refractivity contribution < 1.29 is 9.90 Å². The van der Waals surface area contributed by atoms with Crippen molar-refractivity contribution >= 4 is 5.78 Å². The van der Waals surface area contributed by atoms with Crippen LogP contribution in [0.15, 0.2) is 58.7 Å². The molecule has 176 valence electrons. The quantitative estimate of drug-likeness (QED) is 0.365. The average Bonchev–Trinajstić information content (AvgIpc) is 2.96. The van der Waals surface area contributed by atoms with Crippen molar-refractivity contribution in [3.8, 4) is 0 Å². The van der Waals surface area contributed by atoms with E-state index < -0.39 is 0 Å². The third-order valence-electron chi connectivity index (χ3n) is 9.15. The summed E-state index contributed by atoms with van der Waals surface area (Å²) in [4.78, 5) is 13.4. The summed E-state index contributed by atoms with van der Waals surface area (Å²) in [5.74, 6) is 1.18. The van der Waals surface area contributed by atoms with Crippen LogP contribution in [0.5, 0.6) is 0 Å². The molecule has 2 heteroatoms. The second kappa shape index (κ2) is 8.93. The molecule has 0 saturated heterocycles. The molecule has 0 aromatic rings. The highest BCUT2D eigenvalue weighted by Crippen LogP contribution is 2.69. The van der Waals surface area contributed by atoms with Crippen molar-refractivity contribution in [2.75, 3.05) is 0 Å². The van der Waals surface area contributed by atoms with E-state index in [0.29, 0.717) is 24.0 Å². The molecule has 0 spiro atoms. The van der Waals surface area contributed by atoms with Gasteiger partial charge in [0.2, 0.25) is 0 Å². The third-order valence-corrected chi connectivity index (χ3v) is 9.15. The van der Waals surface area contributed by atoms with Crippen LogP contribution in [0.1, 0.15) is 87.5 Å². The van der Waals surface area contributed by atoms with Gasteiger partial charge in [-0.1, -0.05) is 75.3 Å². The van der Waals surface area contributed by atoms with E-state index in [2.05, 4.69) is 91.8 Å². The molecule has 0 bridgehead atoms. The van der Waals surface area contributed by atoms with E-state index in [0.717, 1.165) is 36.8 Å². The number of rotatable bonds is 4. The minimum absolute atomic E-state index is 0.0583. The topological polar surface area (TPSA) is 37.3 Å². The lowest BCUT2D eigenvalue weighted by Gasteiger charge is -2.62. The van der Waals surface area contributed by atoms with E-state index in [-0.39, 0.29) is 22.3 Å². The zero-order chi connectivity index (χ0) is 23.9. The fourth-order valence-corrected chi connectivity index (χ4v) is 7.45. The van der Waals surface area contributed by atoms with Crippen LogP contribution in [0, 0.1) is 28.1 Å². The zero-order valence-corrected chi connectivity index (χ0v) is 21.6. The molecular formula is C30H44O2. The Morgan fingerprint density at radius 2 is 1.56 bits per heavy atom. The smallest absolute Gasteiger partial charge is 0.160 e. The Bertz CT molecular complexity index is 905. The molecule has 0 aromatic carbocycles. The van der Waals surface area contributed by atoms with E-state index in [1.807, 2.05) is 0 Å². The first-order chi connectivity index (χ1) is 14.8. The SMILES string of the molecule is CC(C)=C/C=C/C(C)=C/C=C/C(C)=C1\C(=O)CC2C1(C)CCC1C(C)(C)C(O)CCC21C. The Kier molecular flexibility index (Phi) is 6.97. The monoisotopic (exact) mass is 436 g/mol. The van der Waals surface area contributed by atoms with Gasteiger partial charge in [-0.05, 0) is 81.6 Å². The van der Waals surface area contributed by atoms with Crippen LogP contribution < -0.4 is 0 Å². The molecule has 0 aromatic heterocycles. The summed E-state index contributed by atoms with van der Waals surface area (Å²) in [5.41, 5.74) is 4.63. The fourth-order valence-electron chi connectivity index (χ4n) is 7.45. The summed E-state index contributed by atoms with van der Waals surface area (Å²) in [7, 11) is 0. The third kappa shape index (κ3) is 4.28. The molecule has 3 saturated carbocycles. The molecule has 2 nitrogen and oxygen atoms in total. The molecule has 0 heterocycles. The molecule has 3 aliphatic carbocycles. The highest BCUT2D eigenvalue weighted by Gasteiger charge is 2.64. The Balaban J connectivity index is 1.89. The number of aliphatic hydroxyl groups excluding tert-OH is 1. The molecule has 32 heavy (non-hydrogen) atoms. The molecule has 0 aliphatic heterocycles. The van der Waals surface area contributed by atoms with Gasteiger partial charge in [-0.3, -0.25) is 4.79 Å². The van der Waals surface area contributed by atoms with Crippen molar-refractivity contribution in [3.05, 3.63) is 58.7 Å². The van der Waals surface area contributed by atoms with Crippen LogP contribution >= 0.6 is 0 Å². The lowest BCUT2D eigenvalue weighted by Crippen LogP contribution is -2.57. The van der Waals surface area contributed by atoms with Crippen LogP contribution in [0.4, 0.5) is 0 Å². The lowest BCUT2D eigenvalue weighted by atomic mass is 9.43. The van der Waals surface area contributed by atoms with Crippen LogP contribution in [-0.2, 0) is 4.79 Å². The van der Waals surface area contributed by atoms with Gasteiger partial charge >= 0.3 is 0 Å². The fraction of sp³-hybridized carbons (Fsp3) is 0.633. The normalized spacial score (nSPS) is 38.7. The van der Waals surface area contributed by atoms with Gasteiger partial charge in [-0.25, -0.2) is 0 Å². The number of Topliss-reactive ketones (excluding diaryl/α,β-unsaturated/α-hetero) is 1. The van der Waals surface area contributed by atoms with E-state index in [4.69, 9.17) is 0 Å². The molecule has 0 radical (unpaired) electrons. The van der Waals surface area contributed by atoms with Crippen molar-refractivity contribution in [3.63, 3.8) is 0 Å². The summed E-state index contributed by atoms with van der Waals surface area (Å²) >= 11 is 0.